The Balaban J connectivity index is 0.000000738. The summed E-state index contributed by atoms with van der Waals surface area (Å²) in [5.41, 5.74) is -5.48. The van der Waals surface area contributed by atoms with E-state index in [4.69, 9.17) is 0 Å². The molecule has 4 aromatic carbocycles. The molecule has 0 aliphatic rings. The first-order chi connectivity index (χ1) is 28.2. The second-order valence-corrected chi connectivity index (χ2v) is 11.8. The van der Waals surface area contributed by atoms with Gasteiger partial charge in [-0.1, -0.05) is 40.0 Å². The van der Waals surface area contributed by atoms with Crippen LogP contribution >= 0.6 is 0 Å². The van der Waals surface area contributed by atoms with Crippen LogP contribution < -0.4 is 21.9 Å². The van der Waals surface area contributed by atoms with Gasteiger partial charge < -0.3 is 4.90 Å². The van der Waals surface area contributed by atoms with Crippen molar-refractivity contribution >= 4 is 53.2 Å². The summed E-state index contributed by atoms with van der Waals surface area (Å²) in [6.07, 6.45) is 8.09. The van der Waals surface area contributed by atoms with Gasteiger partial charge in [-0.05, 0) is 60.7 Å². The molecule has 8 radical (unpaired) electrons. The highest BCUT2D eigenvalue weighted by molar-refractivity contribution is 6.33. The number of rotatable bonds is 9. The van der Waals surface area contributed by atoms with E-state index in [0.717, 1.165) is 0 Å². The molecular weight excluding hydrogens is 870 g/mol. The fraction of sp³-hybridized carbons (Fsp3) is 0.333. The van der Waals surface area contributed by atoms with E-state index >= 15 is 0 Å². The van der Waals surface area contributed by atoms with Crippen LogP contribution in [0.1, 0.15) is 59.3 Å². The van der Waals surface area contributed by atoms with Crippen LogP contribution in [-0.2, 0) is 0 Å². The van der Waals surface area contributed by atoms with Gasteiger partial charge in [-0.3, -0.25) is 0 Å². The number of nitrogens with zero attached hydrogens (tertiary/aromatic N) is 1. The molecule has 328 valence electrons. The van der Waals surface area contributed by atoms with Crippen LogP contribution in [0, 0.1) is 116 Å². The zero-order valence-corrected chi connectivity index (χ0v) is 31.7. The molecule has 0 saturated carbocycles. The second kappa shape index (κ2) is 26.2. The number of unbranched alkanes of at least 4 members (excludes halogenated alkanes) is 3. The van der Waals surface area contributed by atoms with E-state index in [1.165, 1.54) is 58.2 Å². The highest BCUT2D eigenvalue weighted by atomic mass is 19.2. The van der Waals surface area contributed by atoms with Gasteiger partial charge >= 0.3 is 0 Å². The van der Waals surface area contributed by atoms with Crippen LogP contribution in [-0.4, -0.2) is 55.9 Å². The molecule has 0 bridgehead atoms. The van der Waals surface area contributed by atoms with Crippen molar-refractivity contribution in [1.82, 2.24) is 4.90 Å². The predicted octanol–water partition coefficient (Wildman–Crippen LogP) is 8.39. The molecule has 0 atom stereocenters. The fourth-order valence-corrected chi connectivity index (χ4v) is 3.97. The first-order valence-corrected chi connectivity index (χ1v) is 17.0. The van der Waals surface area contributed by atoms with Crippen molar-refractivity contribution in [2.24, 2.45) is 0 Å². The molecule has 4 aromatic rings. The molecule has 0 aliphatic carbocycles. The Morgan fingerprint density at radius 1 is 0.246 bits per heavy atom. The van der Waals surface area contributed by atoms with Crippen molar-refractivity contribution in [3.63, 3.8) is 0 Å². The normalized spacial score (nSPS) is 10.6. The Hall–Kier alpha value is -4.30. The summed E-state index contributed by atoms with van der Waals surface area (Å²) in [4.78, 5) is 2.64. The summed E-state index contributed by atoms with van der Waals surface area (Å²) in [6.45, 7) is 10.8. The van der Waals surface area contributed by atoms with Crippen LogP contribution in [0.4, 0.5) is 87.8 Å². The van der Waals surface area contributed by atoms with Crippen LogP contribution in [0.15, 0.2) is 0 Å². The number of hydrogen-bond acceptors (Lipinski definition) is 1. The fourth-order valence-electron chi connectivity index (χ4n) is 3.97. The topological polar surface area (TPSA) is 3.24 Å². The van der Waals surface area contributed by atoms with Gasteiger partial charge in [0.2, 0.25) is 0 Å². The van der Waals surface area contributed by atoms with Crippen LogP contribution in [0.2, 0.25) is 0 Å². The Morgan fingerprint density at radius 3 is 0.475 bits per heavy atom. The second-order valence-electron chi connectivity index (χ2n) is 11.8. The first-order valence-electron chi connectivity index (χ1n) is 17.0. The minimum absolute atomic E-state index is 1.32. The molecule has 0 amide bonds. The summed E-state index contributed by atoms with van der Waals surface area (Å²) in [7, 11) is 18.2. The summed E-state index contributed by atoms with van der Waals surface area (Å²) in [6, 6.07) is 0. The predicted molar refractivity (Wildman–Crippen MR) is 188 cm³/mol. The zero-order valence-electron chi connectivity index (χ0n) is 31.7. The Labute approximate surface area is 341 Å². The maximum Gasteiger partial charge on any atom is 0.200 e. The van der Waals surface area contributed by atoms with E-state index in [0.29, 0.717) is 0 Å². The monoisotopic (exact) mass is 897 g/mol. The third-order valence-corrected chi connectivity index (χ3v) is 7.46. The van der Waals surface area contributed by atoms with Crippen LogP contribution in [0.3, 0.4) is 0 Å². The van der Waals surface area contributed by atoms with Gasteiger partial charge in [0.05, 0.1) is 0 Å². The van der Waals surface area contributed by atoms with Gasteiger partial charge in [0, 0.05) is 0 Å². The summed E-state index contributed by atoms with van der Waals surface area (Å²) in [5.74, 6) is -41.2. The molecule has 25 heteroatoms. The first kappa shape index (κ1) is 56.7. The molecular formula is C36H27B4F20N. The average Bonchev–Trinajstić information content (AvgIpc) is 3.26. The Morgan fingerprint density at radius 2 is 0.361 bits per heavy atom. The van der Waals surface area contributed by atoms with Crippen molar-refractivity contribution in [3.8, 4) is 0 Å². The lowest BCUT2D eigenvalue weighted by Crippen LogP contribution is -2.27. The third kappa shape index (κ3) is 14.9. The summed E-state index contributed by atoms with van der Waals surface area (Å²) >= 11 is 0. The van der Waals surface area contributed by atoms with Crippen molar-refractivity contribution < 1.29 is 87.8 Å². The van der Waals surface area contributed by atoms with Gasteiger partial charge in [-0.15, -0.1) is 0 Å². The van der Waals surface area contributed by atoms with Crippen molar-refractivity contribution in [2.75, 3.05) is 19.6 Å². The Kier molecular flexibility index (Phi) is 24.4. The minimum Gasteiger partial charge on any atom is -0.303 e. The molecule has 0 aliphatic heterocycles. The lowest BCUT2D eigenvalue weighted by Gasteiger charge is -2.21. The minimum atomic E-state index is -2.21. The molecule has 0 fully saturated rings. The van der Waals surface area contributed by atoms with Gasteiger partial charge in [0.25, 0.3) is 0 Å². The molecule has 0 saturated heterocycles. The van der Waals surface area contributed by atoms with E-state index in [-0.39, 0.29) is 0 Å². The lowest BCUT2D eigenvalue weighted by atomic mass is 9.94. The van der Waals surface area contributed by atoms with Gasteiger partial charge in [0.1, 0.15) is 31.4 Å². The van der Waals surface area contributed by atoms with Gasteiger partial charge in [-0.2, -0.15) is 0 Å². The largest absolute Gasteiger partial charge is 0.303 e. The van der Waals surface area contributed by atoms with E-state index in [1.54, 1.807) is 0 Å². The average molecular weight is 897 g/mol. The van der Waals surface area contributed by atoms with Crippen molar-refractivity contribution in [3.05, 3.63) is 116 Å². The number of halogens is 20. The standard InChI is InChI=1S/C12H27N.4C6BF5/c1-4-7-10-13(11-8-5-2)12-9-6-3;4*7-1-2(8)4(10)6(12)5(11)3(1)9/h4-12H2,1-3H3;;;;. The summed E-state index contributed by atoms with van der Waals surface area (Å²) < 4.78 is 244. The van der Waals surface area contributed by atoms with E-state index in [2.05, 4.69) is 57.1 Å². The number of benzene rings is 4. The van der Waals surface area contributed by atoms with Crippen LogP contribution in [0.5, 0.6) is 0 Å². The third-order valence-electron chi connectivity index (χ3n) is 7.46. The van der Waals surface area contributed by atoms with Crippen LogP contribution in [0.25, 0.3) is 0 Å². The van der Waals surface area contributed by atoms with Gasteiger partial charge in [-0.25, -0.2) is 87.8 Å². The quantitative estimate of drug-likeness (QED) is 0.0707. The highest BCUT2D eigenvalue weighted by Crippen LogP contribution is 2.18. The molecule has 0 aromatic heterocycles. The van der Waals surface area contributed by atoms with Crippen molar-refractivity contribution in [1.29, 1.82) is 0 Å². The number of hydrogen-bond donors (Lipinski definition) is 0. The molecule has 61 heavy (non-hydrogen) atoms. The molecule has 0 spiro atoms. The molecule has 1 nitrogen and oxygen atoms in total. The van der Waals surface area contributed by atoms with Crippen molar-refractivity contribution in [2.45, 2.75) is 59.3 Å². The van der Waals surface area contributed by atoms with E-state index < -0.39 is 138 Å². The highest BCUT2D eigenvalue weighted by Gasteiger charge is 2.25. The van der Waals surface area contributed by atoms with E-state index in [1.807, 2.05) is 0 Å². The molecule has 4 rings (SSSR count). The molecule has 0 heterocycles. The zero-order chi connectivity index (χ0) is 47.8. The SMILES string of the molecule is CCCCN(CCCC)CCCC.[B]c1c(F)c(F)c(F)c(F)c1F.[B]c1c(F)c(F)c(F)c(F)c1F.[B]c1c(F)c(F)c(F)c(F)c1F.[B]c1c(F)c(F)c(F)c(F)c1F. The maximum atomic E-state index is 12.3. The smallest absolute Gasteiger partial charge is 0.200 e. The molecule has 0 N–H and O–H groups in total. The summed E-state index contributed by atoms with van der Waals surface area (Å²) in [5, 5.41) is 0. The lowest BCUT2D eigenvalue weighted by molar-refractivity contribution is 0.261. The molecule has 0 unspecified atom stereocenters. The maximum absolute atomic E-state index is 12.3. The van der Waals surface area contributed by atoms with Gasteiger partial charge in [0.15, 0.2) is 116 Å². The Bertz CT molecular complexity index is 1400. The van der Waals surface area contributed by atoms with E-state index in [9.17, 15) is 87.8 Å².